The molecule has 4 heteroatoms. The number of hydrogen-bond acceptors (Lipinski definition) is 4. The maximum absolute atomic E-state index is 11.6. The van der Waals surface area contributed by atoms with Crippen molar-refractivity contribution in [3.05, 3.63) is 143 Å². The Hall–Kier alpha value is -4.85. The van der Waals surface area contributed by atoms with E-state index >= 15 is 0 Å². The zero-order valence-electron chi connectivity index (χ0n) is 26.9. The first kappa shape index (κ1) is 29.8. The van der Waals surface area contributed by atoms with Gasteiger partial charge in [-0.25, -0.2) is 0 Å². The van der Waals surface area contributed by atoms with Crippen LogP contribution in [0, 0.1) is 16.7 Å². The molecule has 0 aromatic heterocycles. The van der Waals surface area contributed by atoms with Crippen LogP contribution in [0.4, 0.5) is 0 Å². The minimum atomic E-state index is -0.685. The van der Waals surface area contributed by atoms with Crippen molar-refractivity contribution in [3.63, 3.8) is 0 Å². The molecule has 5 aromatic carbocycles. The molecule has 0 amide bonds. The van der Waals surface area contributed by atoms with Crippen molar-refractivity contribution in [2.24, 2.45) is 5.41 Å². The molecule has 0 unspecified atom stereocenters. The monoisotopic (exact) mass is 604 g/mol. The van der Waals surface area contributed by atoms with E-state index in [1.807, 2.05) is 6.07 Å². The Balaban J connectivity index is 1.24. The second-order valence-corrected chi connectivity index (χ2v) is 12.7. The highest BCUT2D eigenvalue weighted by atomic mass is 16.5. The molecule has 0 bridgehead atoms. The van der Waals surface area contributed by atoms with Crippen molar-refractivity contribution in [1.29, 1.82) is 5.26 Å². The highest BCUT2D eigenvalue weighted by molar-refractivity contribution is 5.83. The molecule has 2 aliphatic carbocycles. The summed E-state index contributed by atoms with van der Waals surface area (Å²) in [6.07, 6.45) is 2.61. The van der Waals surface area contributed by atoms with E-state index in [1.54, 1.807) is 14.2 Å². The van der Waals surface area contributed by atoms with Gasteiger partial charge in [-0.1, -0.05) is 103 Å². The number of hydrogen-bond donors (Lipinski definition) is 0. The molecule has 0 aliphatic heterocycles. The average molecular weight is 605 g/mol. The van der Waals surface area contributed by atoms with Gasteiger partial charge in [0, 0.05) is 18.4 Å². The Kier molecular flexibility index (Phi) is 8.11. The molecule has 5 aromatic rings. The van der Waals surface area contributed by atoms with Gasteiger partial charge in [0.2, 0.25) is 0 Å². The minimum absolute atomic E-state index is 0.0359. The van der Waals surface area contributed by atoms with Gasteiger partial charge in [-0.15, -0.1) is 0 Å². The summed E-state index contributed by atoms with van der Waals surface area (Å²) in [7, 11) is 5.53. The second-order valence-electron chi connectivity index (χ2n) is 12.7. The van der Waals surface area contributed by atoms with E-state index < -0.39 is 5.41 Å². The van der Waals surface area contributed by atoms with Crippen LogP contribution < -0.4 is 9.47 Å². The molecule has 0 saturated heterocycles. The van der Waals surface area contributed by atoms with E-state index in [2.05, 4.69) is 127 Å². The number of nitrogens with zero attached hydrogens (tertiary/aromatic N) is 2. The number of benzene rings is 5. The molecule has 4 nitrogen and oxygen atoms in total. The first-order valence-electron chi connectivity index (χ1n) is 16.3. The third-order valence-electron chi connectivity index (χ3n) is 10.3. The van der Waals surface area contributed by atoms with E-state index in [0.717, 1.165) is 43.9 Å². The van der Waals surface area contributed by atoms with Gasteiger partial charge in [0.25, 0.3) is 0 Å². The standard InChI is InChI=1S/C42H40N2O2/c1-44(26-23-29-21-22-38(45-2)39(27-29)46-3)25-12-24-42(28-43,40-34-17-8-4-13-30(34)31-14-5-9-18-35(31)40)41-36-19-10-6-15-32(36)33-16-7-11-20-37(33)41/h4-11,13-22,27,40-41H,12,23-26H2,1-3H3. The fraction of sp³-hybridized carbons (Fsp3) is 0.262. The van der Waals surface area contributed by atoms with Gasteiger partial charge >= 0.3 is 0 Å². The lowest BCUT2D eigenvalue weighted by molar-refractivity contribution is 0.249. The van der Waals surface area contributed by atoms with Crippen molar-refractivity contribution < 1.29 is 9.47 Å². The summed E-state index contributed by atoms with van der Waals surface area (Å²) >= 11 is 0. The smallest absolute Gasteiger partial charge is 0.160 e. The summed E-state index contributed by atoms with van der Waals surface area (Å²) < 4.78 is 10.9. The second kappa shape index (κ2) is 12.5. The molecule has 0 saturated carbocycles. The topological polar surface area (TPSA) is 45.5 Å². The lowest BCUT2D eigenvalue weighted by Gasteiger charge is -2.40. The van der Waals surface area contributed by atoms with Crippen LogP contribution in [0.3, 0.4) is 0 Å². The van der Waals surface area contributed by atoms with Crippen molar-refractivity contribution >= 4 is 0 Å². The Labute approximate surface area is 272 Å². The summed E-state index contributed by atoms with van der Waals surface area (Å²) in [6, 6.07) is 44.2. The van der Waals surface area contributed by atoms with Crippen LogP contribution in [-0.2, 0) is 6.42 Å². The maximum atomic E-state index is 11.6. The van der Waals surface area contributed by atoms with Gasteiger partial charge in [-0.2, -0.15) is 5.26 Å². The Morgan fingerprint density at radius 3 is 1.52 bits per heavy atom. The number of ether oxygens (including phenoxy) is 2. The fourth-order valence-electron chi connectivity index (χ4n) is 8.17. The predicted octanol–water partition coefficient (Wildman–Crippen LogP) is 9.09. The molecule has 0 fully saturated rings. The summed E-state index contributed by atoms with van der Waals surface area (Å²) in [5.74, 6) is 1.44. The summed E-state index contributed by atoms with van der Waals surface area (Å²) in [5.41, 5.74) is 10.7. The molecule has 0 N–H and O–H groups in total. The van der Waals surface area contributed by atoms with Gasteiger partial charge in [-0.3, -0.25) is 0 Å². The zero-order valence-corrected chi connectivity index (χ0v) is 26.9. The van der Waals surface area contributed by atoms with Gasteiger partial charge in [0.15, 0.2) is 11.5 Å². The van der Waals surface area contributed by atoms with Crippen molar-refractivity contribution in [3.8, 4) is 39.8 Å². The van der Waals surface area contributed by atoms with Gasteiger partial charge < -0.3 is 14.4 Å². The van der Waals surface area contributed by atoms with Crippen molar-refractivity contribution in [2.75, 3.05) is 34.4 Å². The van der Waals surface area contributed by atoms with E-state index in [1.165, 1.54) is 50.1 Å². The number of rotatable bonds is 11. The summed E-state index contributed by atoms with van der Waals surface area (Å²) in [5, 5.41) is 11.6. The van der Waals surface area contributed by atoms with E-state index in [-0.39, 0.29) is 11.8 Å². The molecular formula is C42H40N2O2. The summed E-state index contributed by atoms with van der Waals surface area (Å²) in [6.45, 7) is 1.82. The largest absolute Gasteiger partial charge is 0.493 e. The van der Waals surface area contributed by atoms with Crippen LogP contribution in [0.15, 0.2) is 115 Å². The number of fused-ring (bicyclic) bond motifs is 6. The minimum Gasteiger partial charge on any atom is -0.493 e. The fourth-order valence-corrected chi connectivity index (χ4v) is 8.17. The van der Waals surface area contributed by atoms with Crippen LogP contribution in [0.5, 0.6) is 11.5 Å². The van der Waals surface area contributed by atoms with Crippen LogP contribution in [-0.4, -0.2) is 39.3 Å². The quantitative estimate of drug-likeness (QED) is 0.151. The van der Waals surface area contributed by atoms with Crippen LogP contribution >= 0.6 is 0 Å². The zero-order chi connectivity index (χ0) is 31.7. The first-order valence-corrected chi connectivity index (χ1v) is 16.3. The third-order valence-corrected chi connectivity index (χ3v) is 10.3. The molecule has 0 atom stereocenters. The average Bonchev–Trinajstić information content (AvgIpc) is 3.63. The van der Waals surface area contributed by atoms with Crippen LogP contribution in [0.2, 0.25) is 0 Å². The highest BCUT2D eigenvalue weighted by Gasteiger charge is 2.53. The van der Waals surface area contributed by atoms with Crippen LogP contribution in [0.1, 0.15) is 52.5 Å². The maximum Gasteiger partial charge on any atom is 0.160 e. The van der Waals surface area contributed by atoms with Gasteiger partial charge in [-0.05, 0) is 95.1 Å². The molecule has 230 valence electrons. The van der Waals surface area contributed by atoms with Crippen LogP contribution in [0.25, 0.3) is 22.3 Å². The Bertz CT molecular complexity index is 1740. The van der Waals surface area contributed by atoms with Crippen molar-refractivity contribution in [2.45, 2.75) is 31.1 Å². The highest BCUT2D eigenvalue weighted by Crippen LogP contribution is 2.64. The van der Waals surface area contributed by atoms with Crippen molar-refractivity contribution in [1.82, 2.24) is 4.90 Å². The normalized spacial score (nSPS) is 13.5. The van der Waals surface area contributed by atoms with E-state index in [9.17, 15) is 5.26 Å². The molecule has 0 radical (unpaired) electrons. The molecule has 0 heterocycles. The van der Waals surface area contributed by atoms with Gasteiger partial charge in [0.1, 0.15) is 0 Å². The molecule has 0 spiro atoms. The SMILES string of the molecule is COc1ccc(CCN(C)CCCC(C#N)(C2c3ccccc3-c3ccccc32)C2c3ccccc3-c3ccccc32)cc1OC. The molecule has 2 aliphatic rings. The Morgan fingerprint density at radius 1 is 0.630 bits per heavy atom. The third kappa shape index (κ3) is 4.96. The number of nitriles is 1. The lowest BCUT2D eigenvalue weighted by atomic mass is 9.59. The number of methoxy groups -OCH3 is 2. The Morgan fingerprint density at radius 2 is 1.09 bits per heavy atom. The first-order chi connectivity index (χ1) is 22.6. The summed E-state index contributed by atoms with van der Waals surface area (Å²) in [4.78, 5) is 2.39. The predicted molar refractivity (Wildman–Crippen MR) is 185 cm³/mol. The molecule has 46 heavy (non-hydrogen) atoms. The van der Waals surface area contributed by atoms with E-state index in [4.69, 9.17) is 9.47 Å². The molecule has 7 rings (SSSR count). The lowest BCUT2D eigenvalue weighted by Crippen LogP contribution is -2.35. The number of likely N-dealkylation sites (N-methyl/N-ethyl adjacent to an activating group) is 1. The molecular weight excluding hydrogens is 564 g/mol. The van der Waals surface area contributed by atoms with E-state index in [0.29, 0.717) is 0 Å². The van der Waals surface area contributed by atoms with Gasteiger partial charge in [0.05, 0.1) is 25.7 Å².